The lowest BCUT2D eigenvalue weighted by atomic mass is 9.35. The van der Waals surface area contributed by atoms with Crippen LogP contribution in [-0.4, -0.2) is 13.4 Å². The van der Waals surface area contributed by atoms with Gasteiger partial charge in [-0.25, -0.2) is 0 Å². The van der Waals surface area contributed by atoms with E-state index in [-0.39, 0.29) is 25.0 Å². The monoisotopic (exact) mass is 464 g/mol. The van der Waals surface area contributed by atoms with E-state index in [1.807, 2.05) is 0 Å². The lowest BCUT2D eigenvalue weighted by molar-refractivity contribution is -0.0849. The van der Waals surface area contributed by atoms with Crippen LogP contribution in [0.25, 0.3) is 22.2 Å². The van der Waals surface area contributed by atoms with Crippen LogP contribution >= 0.6 is 15.9 Å². The fourth-order valence-corrected chi connectivity index (χ4v) is 8.32. The molecule has 5 rings (SSSR count). The van der Waals surface area contributed by atoms with Gasteiger partial charge in [0.1, 0.15) is 0 Å². The molecular weight excluding hydrogens is 434 g/mol. The Morgan fingerprint density at radius 1 is 1.00 bits per heavy atom. The van der Waals surface area contributed by atoms with Crippen molar-refractivity contribution in [2.45, 2.75) is 65.2 Å². The number of hydrogen-bond acceptors (Lipinski definition) is 0. The van der Waals surface area contributed by atoms with Crippen LogP contribution in [0, 0.1) is 10.8 Å². The van der Waals surface area contributed by atoms with E-state index in [0.717, 1.165) is 6.54 Å². The molecule has 3 heteroatoms. The number of halogens is 1. The fraction of sp³-hybridized carbons (Fsp3) is 0.462. The third-order valence-electron chi connectivity index (χ3n) is 7.74. The zero-order valence-corrected chi connectivity index (χ0v) is 21.1. The molecule has 0 amide bonds. The molecular formula is C26H31BrNSi. The first kappa shape index (κ1) is 19.6. The number of nitrogens with zero attached hydrogens (tertiary/aromatic N) is 1. The maximum absolute atomic E-state index is 3.78. The van der Waals surface area contributed by atoms with Gasteiger partial charge in [0, 0.05) is 41.7 Å². The summed E-state index contributed by atoms with van der Waals surface area (Å²) in [6.45, 7) is 15.9. The number of aryl methyl sites for hydroxylation is 1. The smallest absolute Gasteiger partial charge is 0.0536 e. The van der Waals surface area contributed by atoms with Crippen molar-refractivity contribution < 1.29 is 0 Å². The van der Waals surface area contributed by atoms with Crippen LogP contribution in [0.5, 0.6) is 0 Å². The minimum absolute atomic E-state index is 0.0719. The summed E-state index contributed by atoms with van der Waals surface area (Å²) in [6, 6.07) is 17.5. The van der Waals surface area contributed by atoms with Crippen molar-refractivity contribution in [1.29, 1.82) is 0 Å². The number of rotatable bonds is 3. The molecule has 2 aromatic carbocycles. The van der Waals surface area contributed by atoms with Gasteiger partial charge in [-0.15, -0.1) is 0 Å². The van der Waals surface area contributed by atoms with Crippen LogP contribution in [0.3, 0.4) is 0 Å². The Labute approximate surface area is 185 Å². The van der Waals surface area contributed by atoms with Gasteiger partial charge >= 0.3 is 0 Å². The Morgan fingerprint density at radius 2 is 1.69 bits per heavy atom. The van der Waals surface area contributed by atoms with E-state index >= 15 is 0 Å². The van der Waals surface area contributed by atoms with E-state index in [9.17, 15) is 0 Å². The van der Waals surface area contributed by atoms with Crippen LogP contribution < -0.4 is 0 Å². The van der Waals surface area contributed by atoms with Crippen LogP contribution in [0.1, 0.15) is 45.2 Å². The van der Waals surface area contributed by atoms with Crippen LogP contribution in [0.2, 0.25) is 19.1 Å². The number of hydrogen-bond donors (Lipinski definition) is 0. The molecule has 0 atom stereocenters. The Morgan fingerprint density at radius 3 is 2.34 bits per heavy atom. The van der Waals surface area contributed by atoms with E-state index in [0.29, 0.717) is 0 Å². The summed E-state index contributed by atoms with van der Waals surface area (Å²) in [5.41, 5.74) is 8.08. The fourth-order valence-electron chi connectivity index (χ4n) is 7.29. The summed E-state index contributed by atoms with van der Waals surface area (Å²) in [5, 5.41) is 1.45. The van der Waals surface area contributed by atoms with Gasteiger partial charge in [-0.1, -0.05) is 81.0 Å². The Kier molecular flexibility index (Phi) is 4.13. The van der Waals surface area contributed by atoms with Crippen molar-refractivity contribution in [3.63, 3.8) is 0 Å². The lowest BCUT2D eigenvalue weighted by Crippen LogP contribution is -2.63. The predicted molar refractivity (Wildman–Crippen MR) is 130 cm³/mol. The van der Waals surface area contributed by atoms with E-state index in [2.05, 4.69) is 104 Å². The van der Waals surface area contributed by atoms with Gasteiger partial charge in [-0.3, -0.25) is 0 Å². The van der Waals surface area contributed by atoms with Gasteiger partial charge < -0.3 is 4.57 Å². The molecule has 1 radical (unpaired) electrons. The first-order valence-electron chi connectivity index (χ1n) is 10.8. The van der Waals surface area contributed by atoms with Gasteiger partial charge in [-0.2, -0.15) is 0 Å². The van der Waals surface area contributed by atoms with E-state index < -0.39 is 0 Å². The van der Waals surface area contributed by atoms with Crippen molar-refractivity contribution >= 4 is 35.6 Å². The zero-order chi connectivity index (χ0) is 20.8. The lowest BCUT2D eigenvalue weighted by Gasteiger charge is -2.67. The molecule has 2 aliphatic carbocycles. The molecule has 1 fully saturated rings. The summed E-state index contributed by atoms with van der Waals surface area (Å²) in [5.74, 6) is 0. The second kappa shape index (κ2) is 6.10. The highest BCUT2D eigenvalue weighted by Gasteiger charge is 2.70. The molecule has 2 aliphatic rings. The highest BCUT2D eigenvalue weighted by molar-refractivity contribution is 9.10. The summed E-state index contributed by atoms with van der Waals surface area (Å²) in [4.78, 5) is 0. The first-order valence-corrected chi connectivity index (χ1v) is 14.3. The Hall–Kier alpha value is -1.32. The molecule has 29 heavy (non-hydrogen) atoms. The van der Waals surface area contributed by atoms with Gasteiger partial charge in [0.05, 0.1) is 5.69 Å². The molecule has 0 N–H and O–H groups in total. The topological polar surface area (TPSA) is 4.93 Å². The Bertz CT molecular complexity index is 1120. The average Bonchev–Trinajstić information content (AvgIpc) is 3.11. The molecule has 1 nitrogen and oxygen atoms in total. The van der Waals surface area contributed by atoms with Gasteiger partial charge in [0.2, 0.25) is 0 Å². The standard InChI is InChI=1S/C26H31BrNSi/c1-24(2)16-25(3,4)26(24)20-10-8-7-9-18(20)23-22(26)19-15-17(27)11-12-21(19)28(23)13-14-29(5)6/h7-12,15H,13-14,16H2,1-6H3. The van der Waals surface area contributed by atoms with Crippen LogP contribution in [-0.2, 0) is 12.0 Å². The molecule has 151 valence electrons. The summed E-state index contributed by atoms with van der Waals surface area (Å²) < 4.78 is 3.84. The Balaban J connectivity index is 1.94. The maximum atomic E-state index is 3.78. The van der Waals surface area contributed by atoms with Crippen molar-refractivity contribution in [3.05, 3.63) is 58.1 Å². The largest absolute Gasteiger partial charge is 0.341 e. The molecule has 0 saturated heterocycles. The predicted octanol–water partition coefficient (Wildman–Crippen LogP) is 7.88. The van der Waals surface area contributed by atoms with Gasteiger partial charge in [-0.05, 0) is 52.6 Å². The molecule has 1 saturated carbocycles. The van der Waals surface area contributed by atoms with Gasteiger partial charge in [0.25, 0.3) is 0 Å². The summed E-state index contributed by atoms with van der Waals surface area (Å²) in [6.07, 6.45) is 1.26. The summed E-state index contributed by atoms with van der Waals surface area (Å²) in [7, 11) is -0.275. The minimum Gasteiger partial charge on any atom is -0.341 e. The maximum Gasteiger partial charge on any atom is 0.0536 e. The van der Waals surface area contributed by atoms with Crippen LogP contribution in [0.15, 0.2) is 46.9 Å². The molecule has 0 bridgehead atoms. The first-order chi connectivity index (χ1) is 13.6. The minimum atomic E-state index is -0.275. The van der Waals surface area contributed by atoms with Gasteiger partial charge in [0.15, 0.2) is 0 Å². The zero-order valence-electron chi connectivity index (χ0n) is 18.5. The molecule has 3 aromatic rings. The molecule has 0 aliphatic heterocycles. The second-order valence-corrected chi connectivity index (χ2v) is 14.6. The number of aromatic nitrogens is 1. The van der Waals surface area contributed by atoms with Crippen molar-refractivity contribution in [2.24, 2.45) is 10.8 Å². The van der Waals surface area contributed by atoms with Crippen molar-refractivity contribution in [3.8, 4) is 11.3 Å². The number of benzene rings is 2. The van der Waals surface area contributed by atoms with Crippen molar-refractivity contribution in [2.75, 3.05) is 0 Å². The highest BCUT2D eigenvalue weighted by Crippen LogP contribution is 2.76. The highest BCUT2D eigenvalue weighted by atomic mass is 79.9. The molecule has 1 aromatic heterocycles. The second-order valence-electron chi connectivity index (χ2n) is 10.7. The van der Waals surface area contributed by atoms with E-state index in [1.54, 1.807) is 11.1 Å². The number of fused-ring (bicyclic) bond motifs is 7. The third kappa shape index (κ3) is 2.32. The molecule has 1 spiro atoms. The molecule has 1 heterocycles. The summed E-state index contributed by atoms with van der Waals surface area (Å²) >= 11 is 3.78. The third-order valence-corrected chi connectivity index (χ3v) is 9.45. The SMILES string of the molecule is C[Si](C)CCn1c2c(c3cc(Br)ccc31)C1(c3ccccc3-2)C(C)(C)CC1(C)C. The average molecular weight is 466 g/mol. The molecule has 0 unspecified atom stereocenters. The van der Waals surface area contributed by atoms with E-state index in [1.165, 1.54) is 39.1 Å². The van der Waals surface area contributed by atoms with Crippen LogP contribution in [0.4, 0.5) is 0 Å². The quantitative estimate of drug-likeness (QED) is 0.347. The van der Waals surface area contributed by atoms with Crippen molar-refractivity contribution in [1.82, 2.24) is 4.57 Å². The normalized spacial score (nSPS) is 20.1. The van der Waals surface area contributed by atoms with E-state index in [4.69, 9.17) is 0 Å².